The molecule has 0 spiro atoms. The van der Waals surface area contributed by atoms with Crippen LogP contribution >= 0.6 is 7.82 Å². The number of ether oxygens (including phenoxy) is 2. The van der Waals surface area contributed by atoms with Gasteiger partial charge in [-0.2, -0.15) is 0 Å². The molecule has 10 heteroatoms. The van der Waals surface area contributed by atoms with Gasteiger partial charge in [-0.25, -0.2) is 4.57 Å². The van der Waals surface area contributed by atoms with Crippen molar-refractivity contribution >= 4 is 19.8 Å². The highest BCUT2D eigenvalue weighted by atomic mass is 31.2. The normalized spacial score (nSPS) is 13.1. The summed E-state index contributed by atoms with van der Waals surface area (Å²) in [6.07, 6.45) is 62.8. The van der Waals surface area contributed by atoms with Crippen LogP contribution in [0.25, 0.3) is 0 Å². The maximum atomic E-state index is 12.7. The monoisotopic (exact) mass is 984 g/mol. The van der Waals surface area contributed by atoms with Gasteiger partial charge in [-0.1, -0.05) is 276 Å². The SMILES string of the molecule is CCCCCCCCCC/C=C\CCCCCCCCCCCCCCCCCCCC(=O)OC(COC(=O)CCCCCCCCCCCCCCCCCCCC)COP(=O)(O)OCCN. The Balaban J connectivity index is 3.88. The Bertz CT molecular complexity index is 1120. The molecule has 0 aliphatic heterocycles. The first-order valence-electron chi connectivity index (χ1n) is 29.7. The van der Waals surface area contributed by atoms with Crippen LogP contribution in [0.4, 0.5) is 0 Å². The second kappa shape index (κ2) is 55.1. The lowest BCUT2D eigenvalue weighted by Gasteiger charge is -2.19. The van der Waals surface area contributed by atoms with E-state index < -0.39 is 26.5 Å². The average Bonchev–Trinajstić information content (AvgIpc) is 3.33. The third-order valence-corrected chi connectivity index (χ3v) is 14.4. The van der Waals surface area contributed by atoms with E-state index in [2.05, 4.69) is 26.0 Å². The topological polar surface area (TPSA) is 134 Å². The van der Waals surface area contributed by atoms with Gasteiger partial charge in [0.25, 0.3) is 0 Å². The molecule has 0 aliphatic rings. The molecule has 0 radical (unpaired) electrons. The number of hydrogen-bond donors (Lipinski definition) is 2. The number of allylic oxidation sites excluding steroid dienone is 2. The van der Waals surface area contributed by atoms with Gasteiger partial charge in [0, 0.05) is 19.4 Å². The average molecular weight is 985 g/mol. The highest BCUT2D eigenvalue weighted by Gasteiger charge is 2.26. The van der Waals surface area contributed by atoms with E-state index in [-0.39, 0.29) is 38.6 Å². The summed E-state index contributed by atoms with van der Waals surface area (Å²) in [6.45, 7) is 3.81. The number of carbonyl (C=O) groups excluding carboxylic acids is 2. The van der Waals surface area contributed by atoms with Crippen molar-refractivity contribution in [2.24, 2.45) is 5.73 Å². The second-order valence-electron chi connectivity index (χ2n) is 20.2. The standard InChI is InChI=1S/C58H114NO8P/c1-3-5-7-9-11-13-15-17-19-21-23-24-25-26-27-28-29-30-31-32-33-35-37-39-41-43-45-47-49-51-58(61)67-56(55-66-68(62,63)65-53-52-59)54-64-57(60)50-48-46-44-42-40-38-36-34-22-20-18-16-14-12-10-8-6-4-2/h21,23,56H,3-20,22,24-55,59H2,1-2H3,(H,62,63)/b23-21-. The van der Waals surface area contributed by atoms with Crippen molar-refractivity contribution in [3.63, 3.8) is 0 Å². The van der Waals surface area contributed by atoms with Gasteiger partial charge < -0.3 is 20.1 Å². The Morgan fingerprint density at radius 2 is 0.721 bits per heavy atom. The summed E-state index contributed by atoms with van der Waals surface area (Å²) >= 11 is 0. The molecule has 0 amide bonds. The van der Waals surface area contributed by atoms with Gasteiger partial charge >= 0.3 is 19.8 Å². The quantitative estimate of drug-likeness (QED) is 0.0264. The zero-order valence-electron chi connectivity index (χ0n) is 45.1. The van der Waals surface area contributed by atoms with E-state index in [1.165, 1.54) is 250 Å². The van der Waals surface area contributed by atoms with Crippen LogP contribution in [0.2, 0.25) is 0 Å². The molecule has 2 unspecified atom stereocenters. The Labute approximate surface area is 421 Å². The second-order valence-corrected chi connectivity index (χ2v) is 21.7. The van der Waals surface area contributed by atoms with Crippen LogP contribution in [0, 0.1) is 0 Å². The summed E-state index contributed by atoms with van der Waals surface area (Å²) in [7, 11) is -4.38. The van der Waals surface area contributed by atoms with Gasteiger partial charge in [0.15, 0.2) is 6.10 Å². The van der Waals surface area contributed by atoms with Gasteiger partial charge in [0.05, 0.1) is 13.2 Å². The lowest BCUT2D eigenvalue weighted by molar-refractivity contribution is -0.161. The van der Waals surface area contributed by atoms with Gasteiger partial charge in [0.2, 0.25) is 0 Å². The molecule has 2 atom stereocenters. The molecular formula is C58H114NO8P. The van der Waals surface area contributed by atoms with Gasteiger partial charge in [-0.15, -0.1) is 0 Å². The fourth-order valence-electron chi connectivity index (χ4n) is 8.99. The lowest BCUT2D eigenvalue weighted by atomic mass is 10.0. The Morgan fingerprint density at radius 1 is 0.426 bits per heavy atom. The van der Waals surface area contributed by atoms with Crippen LogP contribution in [0.1, 0.15) is 316 Å². The third kappa shape index (κ3) is 54.1. The van der Waals surface area contributed by atoms with Crippen molar-refractivity contribution in [1.29, 1.82) is 0 Å². The van der Waals surface area contributed by atoms with Crippen molar-refractivity contribution in [3.05, 3.63) is 12.2 Å². The summed E-state index contributed by atoms with van der Waals surface area (Å²) in [6, 6.07) is 0. The van der Waals surface area contributed by atoms with Crippen molar-refractivity contribution in [1.82, 2.24) is 0 Å². The summed E-state index contributed by atoms with van der Waals surface area (Å²) in [5.74, 6) is -0.806. The molecule has 68 heavy (non-hydrogen) atoms. The van der Waals surface area contributed by atoms with Gasteiger partial charge in [-0.3, -0.25) is 18.6 Å². The molecule has 3 N–H and O–H groups in total. The number of hydrogen-bond acceptors (Lipinski definition) is 8. The zero-order valence-corrected chi connectivity index (χ0v) is 46.0. The molecule has 0 fully saturated rings. The molecule has 0 bridgehead atoms. The highest BCUT2D eigenvalue weighted by Crippen LogP contribution is 2.43. The van der Waals surface area contributed by atoms with Crippen LogP contribution in [0.3, 0.4) is 0 Å². The number of nitrogens with two attached hydrogens (primary N) is 1. The first-order valence-corrected chi connectivity index (χ1v) is 31.2. The van der Waals surface area contributed by atoms with Crippen LogP contribution in [0.5, 0.6) is 0 Å². The number of rotatable bonds is 57. The van der Waals surface area contributed by atoms with E-state index >= 15 is 0 Å². The predicted molar refractivity (Wildman–Crippen MR) is 289 cm³/mol. The summed E-state index contributed by atoms with van der Waals surface area (Å²) in [5.41, 5.74) is 5.38. The smallest absolute Gasteiger partial charge is 0.462 e. The van der Waals surface area contributed by atoms with Gasteiger partial charge in [0.1, 0.15) is 6.61 Å². The van der Waals surface area contributed by atoms with Crippen molar-refractivity contribution < 1.29 is 37.6 Å². The number of phosphoric acid groups is 1. The molecule has 0 saturated heterocycles. The number of phosphoric ester groups is 1. The Kier molecular flexibility index (Phi) is 54.1. The molecular weight excluding hydrogens is 870 g/mol. The molecule has 0 aromatic heterocycles. The minimum Gasteiger partial charge on any atom is -0.462 e. The Hall–Kier alpha value is -1.25. The summed E-state index contributed by atoms with van der Waals surface area (Å²) < 4.78 is 33.0. The fourth-order valence-corrected chi connectivity index (χ4v) is 9.75. The van der Waals surface area contributed by atoms with E-state index in [0.29, 0.717) is 6.42 Å². The third-order valence-electron chi connectivity index (χ3n) is 13.4. The zero-order chi connectivity index (χ0) is 49.5. The molecule has 0 saturated carbocycles. The lowest BCUT2D eigenvalue weighted by Crippen LogP contribution is -2.29. The van der Waals surface area contributed by atoms with Crippen molar-refractivity contribution in [2.75, 3.05) is 26.4 Å². The van der Waals surface area contributed by atoms with Crippen molar-refractivity contribution in [2.45, 2.75) is 322 Å². The van der Waals surface area contributed by atoms with E-state index in [9.17, 15) is 19.0 Å². The van der Waals surface area contributed by atoms with E-state index in [4.69, 9.17) is 24.3 Å². The molecule has 404 valence electrons. The number of carbonyl (C=O) groups is 2. The molecule has 0 aromatic carbocycles. The van der Waals surface area contributed by atoms with Crippen LogP contribution < -0.4 is 5.73 Å². The maximum absolute atomic E-state index is 12.7. The van der Waals surface area contributed by atoms with Crippen LogP contribution in [-0.2, 0) is 32.7 Å². The van der Waals surface area contributed by atoms with Crippen molar-refractivity contribution in [3.8, 4) is 0 Å². The molecule has 0 aromatic rings. The maximum Gasteiger partial charge on any atom is 0.472 e. The Morgan fingerprint density at radius 3 is 1.04 bits per heavy atom. The van der Waals surface area contributed by atoms with E-state index in [1.54, 1.807) is 0 Å². The van der Waals surface area contributed by atoms with E-state index in [0.717, 1.165) is 32.1 Å². The first kappa shape index (κ1) is 66.8. The van der Waals surface area contributed by atoms with Gasteiger partial charge in [-0.05, 0) is 38.5 Å². The predicted octanol–water partition coefficient (Wildman–Crippen LogP) is 18.5. The molecule has 0 aliphatic carbocycles. The largest absolute Gasteiger partial charge is 0.472 e. The van der Waals surface area contributed by atoms with E-state index in [1.807, 2.05) is 0 Å². The highest BCUT2D eigenvalue weighted by molar-refractivity contribution is 7.47. The summed E-state index contributed by atoms with van der Waals surface area (Å²) in [4.78, 5) is 35.2. The molecule has 9 nitrogen and oxygen atoms in total. The van der Waals surface area contributed by atoms with Crippen LogP contribution in [0.15, 0.2) is 12.2 Å². The fraction of sp³-hybridized carbons (Fsp3) is 0.931. The summed E-state index contributed by atoms with van der Waals surface area (Å²) in [5, 5.41) is 0. The number of esters is 2. The minimum atomic E-state index is -4.38. The number of unbranched alkanes of at least 4 members (excludes halogenated alkanes) is 42. The molecule has 0 rings (SSSR count). The van der Waals surface area contributed by atoms with Crippen LogP contribution in [-0.4, -0.2) is 49.3 Å². The molecule has 0 heterocycles. The first-order chi connectivity index (χ1) is 33.3. The minimum absolute atomic E-state index is 0.0574.